The third-order valence-electron chi connectivity index (χ3n) is 2.47. The molecule has 0 radical (unpaired) electrons. The highest BCUT2D eigenvalue weighted by atomic mass is 79.9. The average Bonchev–Trinajstić information content (AvgIpc) is 2.07. The summed E-state index contributed by atoms with van der Waals surface area (Å²) in [4.78, 5) is 0. The second-order valence-electron chi connectivity index (χ2n) is 3.41. The molecule has 1 nitrogen and oxygen atoms in total. The molecule has 1 heterocycles. The van der Waals surface area contributed by atoms with E-state index < -0.39 is 0 Å². The zero-order valence-corrected chi connectivity index (χ0v) is 9.44. The van der Waals surface area contributed by atoms with Crippen LogP contribution < -0.4 is 0 Å². The van der Waals surface area contributed by atoms with Gasteiger partial charge in [-0.3, -0.25) is 0 Å². The molecule has 1 aliphatic rings. The van der Waals surface area contributed by atoms with Crippen molar-refractivity contribution in [2.45, 2.75) is 5.41 Å². The number of benzene rings is 1. The van der Waals surface area contributed by atoms with E-state index in [1.54, 1.807) is 0 Å². The van der Waals surface area contributed by atoms with E-state index in [0.717, 1.165) is 17.7 Å². The molecule has 0 saturated carbocycles. The van der Waals surface area contributed by atoms with Crippen LogP contribution in [-0.4, -0.2) is 19.1 Å². The van der Waals surface area contributed by atoms with E-state index in [2.05, 4.69) is 28.1 Å². The maximum absolute atomic E-state index is 5.94. The molecule has 70 valence electrons. The maximum atomic E-state index is 5.94. The molecule has 0 N–H and O–H groups in total. The van der Waals surface area contributed by atoms with Gasteiger partial charge in [0.15, 0.2) is 0 Å². The first-order valence-corrected chi connectivity index (χ1v) is 5.49. The summed E-state index contributed by atoms with van der Waals surface area (Å²) in [6, 6.07) is 8.30. The molecule has 1 saturated heterocycles. The van der Waals surface area contributed by atoms with Gasteiger partial charge in [-0.15, -0.1) is 11.6 Å². The summed E-state index contributed by atoms with van der Waals surface area (Å²) < 4.78 is 6.32. The van der Waals surface area contributed by atoms with Crippen molar-refractivity contribution in [2.75, 3.05) is 19.1 Å². The number of rotatable bonds is 2. The fourth-order valence-corrected chi connectivity index (χ4v) is 2.05. The van der Waals surface area contributed by atoms with E-state index in [9.17, 15) is 0 Å². The fraction of sp³-hybridized carbons (Fsp3) is 0.400. The van der Waals surface area contributed by atoms with Crippen molar-refractivity contribution in [3.05, 3.63) is 34.3 Å². The van der Waals surface area contributed by atoms with E-state index in [1.165, 1.54) is 5.56 Å². The summed E-state index contributed by atoms with van der Waals surface area (Å²) in [5.74, 6) is 0.634. The van der Waals surface area contributed by atoms with Crippen LogP contribution in [0.1, 0.15) is 5.56 Å². The molecule has 0 aromatic heterocycles. The van der Waals surface area contributed by atoms with Gasteiger partial charge in [0.1, 0.15) is 0 Å². The summed E-state index contributed by atoms with van der Waals surface area (Å²) in [5, 5.41) is 0. The first kappa shape index (κ1) is 9.50. The predicted octanol–water partition coefficient (Wildman–Crippen LogP) is 2.96. The molecular formula is C10H10BrClO. The Labute approximate surface area is 91.2 Å². The van der Waals surface area contributed by atoms with Crippen molar-refractivity contribution in [1.29, 1.82) is 0 Å². The van der Waals surface area contributed by atoms with Gasteiger partial charge in [0, 0.05) is 10.4 Å². The minimum absolute atomic E-state index is 0.0717. The summed E-state index contributed by atoms with van der Waals surface area (Å²) in [5.41, 5.74) is 1.35. The molecule has 3 heteroatoms. The normalized spacial score (nSPS) is 19.5. The second-order valence-corrected chi connectivity index (χ2v) is 4.60. The molecule has 1 fully saturated rings. The number of ether oxygens (including phenoxy) is 1. The molecule has 0 atom stereocenters. The molecule has 2 rings (SSSR count). The monoisotopic (exact) mass is 260 g/mol. The van der Waals surface area contributed by atoms with Gasteiger partial charge in [0.05, 0.1) is 18.6 Å². The lowest BCUT2D eigenvalue weighted by molar-refractivity contribution is -0.0479. The Morgan fingerprint density at radius 2 is 1.92 bits per heavy atom. The lowest BCUT2D eigenvalue weighted by atomic mass is 9.81. The van der Waals surface area contributed by atoms with Crippen LogP contribution in [-0.2, 0) is 10.2 Å². The molecule has 0 spiro atoms. The minimum Gasteiger partial charge on any atom is -0.379 e. The van der Waals surface area contributed by atoms with Gasteiger partial charge in [-0.1, -0.05) is 28.1 Å². The van der Waals surface area contributed by atoms with E-state index >= 15 is 0 Å². The quantitative estimate of drug-likeness (QED) is 0.744. The molecular weight excluding hydrogens is 251 g/mol. The zero-order valence-electron chi connectivity index (χ0n) is 7.09. The Bertz CT molecular complexity index is 287. The highest BCUT2D eigenvalue weighted by Crippen LogP contribution is 2.34. The van der Waals surface area contributed by atoms with Crippen molar-refractivity contribution >= 4 is 27.5 Å². The summed E-state index contributed by atoms with van der Waals surface area (Å²) in [6.45, 7) is 1.50. The van der Waals surface area contributed by atoms with Crippen molar-refractivity contribution < 1.29 is 4.74 Å². The molecule has 1 aromatic rings. The van der Waals surface area contributed by atoms with Crippen LogP contribution in [0.4, 0.5) is 0 Å². The molecule has 0 amide bonds. The summed E-state index contributed by atoms with van der Waals surface area (Å²) >= 11 is 9.35. The smallest absolute Gasteiger partial charge is 0.0597 e. The topological polar surface area (TPSA) is 9.23 Å². The SMILES string of the molecule is ClCC1(c2ccc(Br)cc2)COC1. The third-order valence-corrected chi connectivity index (χ3v) is 3.51. The lowest BCUT2D eigenvalue weighted by Crippen LogP contribution is -2.48. The van der Waals surface area contributed by atoms with E-state index in [4.69, 9.17) is 16.3 Å². The number of hydrogen-bond donors (Lipinski definition) is 0. The zero-order chi connectivity index (χ0) is 9.31. The standard InChI is InChI=1S/C10H10BrClO/c11-9-3-1-8(2-4-9)10(5-12)6-13-7-10/h1-4H,5-7H2. The first-order valence-electron chi connectivity index (χ1n) is 4.17. The maximum Gasteiger partial charge on any atom is 0.0597 e. The largest absolute Gasteiger partial charge is 0.379 e. The van der Waals surface area contributed by atoms with Gasteiger partial charge in [0.25, 0.3) is 0 Å². The Morgan fingerprint density at radius 3 is 2.31 bits per heavy atom. The number of hydrogen-bond acceptors (Lipinski definition) is 1. The van der Waals surface area contributed by atoms with Gasteiger partial charge in [-0.05, 0) is 17.7 Å². The van der Waals surface area contributed by atoms with Crippen molar-refractivity contribution in [2.24, 2.45) is 0 Å². The summed E-state index contributed by atoms with van der Waals surface area (Å²) in [6.07, 6.45) is 0. The number of alkyl halides is 1. The molecule has 1 aromatic carbocycles. The third kappa shape index (κ3) is 1.63. The van der Waals surface area contributed by atoms with Crippen LogP contribution >= 0.6 is 27.5 Å². The second kappa shape index (κ2) is 3.60. The Kier molecular flexibility index (Phi) is 2.63. The lowest BCUT2D eigenvalue weighted by Gasteiger charge is -2.40. The van der Waals surface area contributed by atoms with Gasteiger partial charge < -0.3 is 4.74 Å². The van der Waals surface area contributed by atoms with Crippen LogP contribution in [0.25, 0.3) is 0 Å². The Morgan fingerprint density at radius 1 is 1.31 bits per heavy atom. The van der Waals surface area contributed by atoms with Crippen molar-refractivity contribution in [1.82, 2.24) is 0 Å². The average molecular weight is 262 g/mol. The van der Waals surface area contributed by atoms with E-state index in [-0.39, 0.29) is 5.41 Å². The van der Waals surface area contributed by atoms with Crippen LogP contribution in [0.15, 0.2) is 28.7 Å². The van der Waals surface area contributed by atoms with E-state index in [0.29, 0.717) is 5.88 Å². The van der Waals surface area contributed by atoms with Crippen molar-refractivity contribution in [3.8, 4) is 0 Å². The van der Waals surface area contributed by atoms with Gasteiger partial charge in [-0.25, -0.2) is 0 Å². The number of halogens is 2. The van der Waals surface area contributed by atoms with Gasteiger partial charge in [0.2, 0.25) is 0 Å². The van der Waals surface area contributed by atoms with Crippen LogP contribution in [0, 0.1) is 0 Å². The highest BCUT2D eigenvalue weighted by Gasteiger charge is 2.39. The first-order chi connectivity index (χ1) is 6.27. The Hall–Kier alpha value is -0.0500. The molecule has 0 aliphatic carbocycles. The highest BCUT2D eigenvalue weighted by molar-refractivity contribution is 9.10. The fourth-order valence-electron chi connectivity index (χ4n) is 1.47. The van der Waals surface area contributed by atoms with Crippen LogP contribution in [0.5, 0.6) is 0 Å². The van der Waals surface area contributed by atoms with Gasteiger partial charge in [-0.2, -0.15) is 0 Å². The minimum atomic E-state index is 0.0717. The van der Waals surface area contributed by atoms with Crippen LogP contribution in [0.2, 0.25) is 0 Å². The van der Waals surface area contributed by atoms with E-state index in [1.807, 2.05) is 12.1 Å². The van der Waals surface area contributed by atoms with Crippen molar-refractivity contribution in [3.63, 3.8) is 0 Å². The van der Waals surface area contributed by atoms with Crippen LogP contribution in [0.3, 0.4) is 0 Å². The molecule has 0 bridgehead atoms. The Balaban J connectivity index is 2.28. The van der Waals surface area contributed by atoms with Gasteiger partial charge >= 0.3 is 0 Å². The molecule has 1 aliphatic heterocycles. The predicted molar refractivity (Wildman–Crippen MR) is 57.4 cm³/mol. The molecule has 13 heavy (non-hydrogen) atoms. The molecule has 0 unspecified atom stereocenters. The summed E-state index contributed by atoms with van der Waals surface area (Å²) in [7, 11) is 0.